The fraction of sp³-hybridized carbons (Fsp3) is 0.235. The van der Waals surface area contributed by atoms with Gasteiger partial charge in [-0.15, -0.1) is 12.4 Å². The van der Waals surface area contributed by atoms with Crippen LogP contribution in [0, 0.1) is 0 Å². The Morgan fingerprint density at radius 3 is 2.35 bits per heavy atom. The molecule has 0 saturated heterocycles. The maximum absolute atomic E-state index is 4.76. The lowest BCUT2D eigenvalue weighted by molar-refractivity contribution is 0.707. The van der Waals surface area contributed by atoms with Crippen LogP contribution in [-0.4, -0.2) is 9.55 Å². The number of aryl methyl sites for hydroxylation is 3. The first-order valence-electron chi connectivity index (χ1n) is 6.86. The minimum absolute atomic E-state index is 0. The monoisotopic (exact) mass is 286 g/mol. The lowest BCUT2D eigenvalue weighted by atomic mass is 10.1. The average molecular weight is 287 g/mol. The van der Waals surface area contributed by atoms with E-state index in [1.165, 1.54) is 16.9 Å². The second kappa shape index (κ2) is 6.58. The minimum Gasteiger partial charge on any atom is -0.328 e. The molecule has 1 heterocycles. The second-order valence-corrected chi connectivity index (χ2v) is 4.75. The number of rotatable bonds is 4. The predicted molar refractivity (Wildman–Crippen MR) is 86.5 cm³/mol. The summed E-state index contributed by atoms with van der Waals surface area (Å²) in [4.78, 5) is 4.76. The highest BCUT2D eigenvalue weighted by Crippen LogP contribution is 2.17. The third kappa shape index (κ3) is 2.86. The van der Waals surface area contributed by atoms with Crippen molar-refractivity contribution in [3.63, 3.8) is 0 Å². The van der Waals surface area contributed by atoms with Crippen molar-refractivity contribution in [2.24, 2.45) is 0 Å². The van der Waals surface area contributed by atoms with E-state index in [1.54, 1.807) is 0 Å². The first-order chi connectivity index (χ1) is 9.38. The number of imidazole rings is 1. The Bertz CT molecular complexity index is 674. The fourth-order valence-electron chi connectivity index (χ4n) is 2.57. The molecule has 104 valence electrons. The van der Waals surface area contributed by atoms with Crippen molar-refractivity contribution < 1.29 is 0 Å². The zero-order chi connectivity index (χ0) is 13.1. The van der Waals surface area contributed by atoms with E-state index >= 15 is 0 Å². The van der Waals surface area contributed by atoms with Crippen molar-refractivity contribution in [2.75, 3.05) is 0 Å². The summed E-state index contributed by atoms with van der Waals surface area (Å²) in [5, 5.41) is 0. The van der Waals surface area contributed by atoms with Gasteiger partial charge in [-0.1, -0.05) is 42.5 Å². The average Bonchev–Trinajstić information content (AvgIpc) is 2.83. The van der Waals surface area contributed by atoms with E-state index in [4.69, 9.17) is 4.98 Å². The molecule has 3 rings (SSSR count). The SMILES string of the molecule is CCn1c(CCc2ccccc2)nc2ccccc21.Cl. The van der Waals surface area contributed by atoms with Crippen molar-refractivity contribution in [1.82, 2.24) is 9.55 Å². The highest BCUT2D eigenvalue weighted by molar-refractivity contribution is 5.85. The molecule has 2 aromatic carbocycles. The normalized spacial score (nSPS) is 10.4. The van der Waals surface area contributed by atoms with E-state index in [1.807, 2.05) is 0 Å². The molecule has 0 aliphatic rings. The van der Waals surface area contributed by atoms with Gasteiger partial charge in [0.2, 0.25) is 0 Å². The molecule has 0 saturated carbocycles. The van der Waals surface area contributed by atoms with Gasteiger partial charge in [0.15, 0.2) is 0 Å². The molecule has 3 heteroatoms. The van der Waals surface area contributed by atoms with E-state index in [-0.39, 0.29) is 12.4 Å². The Kier molecular flexibility index (Phi) is 4.80. The smallest absolute Gasteiger partial charge is 0.110 e. The Morgan fingerprint density at radius 2 is 1.60 bits per heavy atom. The second-order valence-electron chi connectivity index (χ2n) is 4.75. The maximum atomic E-state index is 4.76. The quantitative estimate of drug-likeness (QED) is 0.700. The van der Waals surface area contributed by atoms with Crippen LogP contribution in [0.2, 0.25) is 0 Å². The number of fused-ring (bicyclic) bond motifs is 1. The van der Waals surface area contributed by atoms with Crippen LogP contribution in [0.1, 0.15) is 18.3 Å². The highest BCUT2D eigenvalue weighted by atomic mass is 35.5. The third-order valence-electron chi connectivity index (χ3n) is 3.53. The molecule has 2 nitrogen and oxygen atoms in total. The molecule has 20 heavy (non-hydrogen) atoms. The van der Waals surface area contributed by atoms with Crippen molar-refractivity contribution in [3.05, 3.63) is 66.0 Å². The van der Waals surface area contributed by atoms with Crippen LogP contribution in [0.25, 0.3) is 11.0 Å². The summed E-state index contributed by atoms with van der Waals surface area (Å²) in [6, 6.07) is 19.0. The lowest BCUT2D eigenvalue weighted by Crippen LogP contribution is -2.03. The third-order valence-corrected chi connectivity index (χ3v) is 3.53. The summed E-state index contributed by atoms with van der Waals surface area (Å²) < 4.78 is 2.32. The first-order valence-corrected chi connectivity index (χ1v) is 6.86. The number of hydrogen-bond acceptors (Lipinski definition) is 1. The van der Waals surface area contributed by atoms with E-state index in [0.717, 1.165) is 24.9 Å². The van der Waals surface area contributed by atoms with Crippen LogP contribution in [0.5, 0.6) is 0 Å². The summed E-state index contributed by atoms with van der Waals surface area (Å²) in [5.74, 6) is 1.19. The molecule has 3 aromatic rings. The van der Waals surface area contributed by atoms with Crippen molar-refractivity contribution in [2.45, 2.75) is 26.3 Å². The van der Waals surface area contributed by atoms with Gasteiger partial charge in [0.1, 0.15) is 5.82 Å². The fourth-order valence-corrected chi connectivity index (χ4v) is 2.57. The maximum Gasteiger partial charge on any atom is 0.110 e. The van der Waals surface area contributed by atoms with Crippen molar-refractivity contribution in [3.8, 4) is 0 Å². The summed E-state index contributed by atoms with van der Waals surface area (Å²) in [5.41, 5.74) is 3.72. The van der Waals surface area contributed by atoms with E-state index in [0.29, 0.717) is 0 Å². The molecule has 0 radical (unpaired) electrons. The van der Waals surface area contributed by atoms with E-state index in [9.17, 15) is 0 Å². The zero-order valence-electron chi connectivity index (χ0n) is 11.6. The largest absolute Gasteiger partial charge is 0.328 e. The Hall–Kier alpha value is -1.80. The van der Waals surface area contributed by atoms with Gasteiger partial charge in [-0.3, -0.25) is 0 Å². The Balaban J connectivity index is 0.00000147. The van der Waals surface area contributed by atoms with Crippen molar-refractivity contribution in [1.29, 1.82) is 0 Å². The number of halogens is 1. The van der Waals surface area contributed by atoms with Gasteiger partial charge in [-0.05, 0) is 31.0 Å². The van der Waals surface area contributed by atoms with Crippen LogP contribution in [0.4, 0.5) is 0 Å². The Labute approximate surface area is 125 Å². The van der Waals surface area contributed by atoms with Gasteiger partial charge in [0, 0.05) is 13.0 Å². The molecule has 0 fully saturated rings. The highest BCUT2D eigenvalue weighted by Gasteiger charge is 2.08. The minimum atomic E-state index is 0. The molecule has 1 aromatic heterocycles. The van der Waals surface area contributed by atoms with Crippen LogP contribution in [-0.2, 0) is 19.4 Å². The Morgan fingerprint density at radius 1 is 0.900 bits per heavy atom. The molecular formula is C17H19ClN2. The molecule has 0 amide bonds. The lowest BCUT2D eigenvalue weighted by Gasteiger charge is -2.06. The molecule has 0 spiro atoms. The molecule has 0 aliphatic carbocycles. The van der Waals surface area contributed by atoms with Gasteiger partial charge in [0.05, 0.1) is 11.0 Å². The van der Waals surface area contributed by atoms with E-state index < -0.39 is 0 Å². The summed E-state index contributed by atoms with van der Waals surface area (Å²) >= 11 is 0. The van der Waals surface area contributed by atoms with Gasteiger partial charge in [0.25, 0.3) is 0 Å². The number of para-hydroxylation sites is 2. The molecular weight excluding hydrogens is 268 g/mol. The molecule has 0 atom stereocenters. The number of aromatic nitrogens is 2. The van der Waals surface area contributed by atoms with Gasteiger partial charge in [-0.25, -0.2) is 4.98 Å². The predicted octanol–water partition coefficient (Wildman–Crippen LogP) is 4.26. The molecule has 0 unspecified atom stereocenters. The summed E-state index contributed by atoms with van der Waals surface area (Å²) in [7, 11) is 0. The van der Waals surface area contributed by atoms with Crippen LogP contribution in [0.3, 0.4) is 0 Å². The summed E-state index contributed by atoms with van der Waals surface area (Å²) in [6.07, 6.45) is 2.04. The van der Waals surface area contributed by atoms with Crippen LogP contribution >= 0.6 is 12.4 Å². The van der Waals surface area contributed by atoms with Gasteiger partial charge in [-0.2, -0.15) is 0 Å². The van der Waals surface area contributed by atoms with Gasteiger partial charge < -0.3 is 4.57 Å². The molecule has 0 bridgehead atoms. The van der Waals surface area contributed by atoms with Crippen molar-refractivity contribution >= 4 is 23.4 Å². The zero-order valence-corrected chi connectivity index (χ0v) is 12.4. The summed E-state index contributed by atoms with van der Waals surface area (Å²) in [6.45, 7) is 3.16. The van der Waals surface area contributed by atoms with Crippen LogP contribution in [0.15, 0.2) is 54.6 Å². The number of nitrogens with zero attached hydrogens (tertiary/aromatic N) is 2. The first kappa shape index (κ1) is 14.6. The molecule has 0 aliphatic heterocycles. The number of hydrogen-bond donors (Lipinski definition) is 0. The molecule has 0 N–H and O–H groups in total. The van der Waals surface area contributed by atoms with Crippen LogP contribution < -0.4 is 0 Å². The standard InChI is InChI=1S/C17H18N2.ClH/c1-2-19-16-11-7-6-10-15(16)18-17(19)13-12-14-8-4-3-5-9-14;/h3-11H,2,12-13H2,1H3;1H. The van der Waals surface area contributed by atoms with Gasteiger partial charge >= 0.3 is 0 Å². The topological polar surface area (TPSA) is 17.8 Å². The number of benzene rings is 2. The van der Waals surface area contributed by atoms with E-state index in [2.05, 4.69) is 66.1 Å².